The Bertz CT molecular complexity index is 2190. The molecule has 2 aliphatic heterocycles. The lowest BCUT2D eigenvalue weighted by atomic mass is 9.85. The van der Waals surface area contributed by atoms with Crippen molar-refractivity contribution in [3.05, 3.63) is 134 Å². The number of hydrogen-bond acceptors (Lipinski definition) is 7. The summed E-state index contributed by atoms with van der Waals surface area (Å²) in [7, 11) is 3.33. The Labute approximate surface area is 338 Å². The fourth-order valence-corrected chi connectivity index (χ4v) is 7.26. The number of ether oxygens (including phenoxy) is 4. The molecule has 1 amide bonds. The van der Waals surface area contributed by atoms with Crippen LogP contribution in [0.1, 0.15) is 66.0 Å². The number of amides is 1. The first-order chi connectivity index (χ1) is 27.1. The molecule has 8 heteroatoms. The first kappa shape index (κ1) is 42.3. The van der Waals surface area contributed by atoms with Gasteiger partial charge in [0, 0.05) is 33.5 Å². The van der Waals surface area contributed by atoms with Gasteiger partial charge in [-0.05, 0) is 114 Å². The van der Waals surface area contributed by atoms with Crippen LogP contribution in [0.4, 0.5) is 16.2 Å². The van der Waals surface area contributed by atoms with Crippen LogP contribution < -0.4 is 19.7 Å². The molecule has 0 aliphatic carbocycles. The minimum Gasteiger partial charge on any atom is -0.496 e. The number of fused-ring (bicyclic) bond motifs is 2. The minimum atomic E-state index is -0.711. The number of benzene rings is 4. The van der Waals surface area contributed by atoms with Crippen molar-refractivity contribution in [3.63, 3.8) is 0 Å². The van der Waals surface area contributed by atoms with Gasteiger partial charge in [-0.1, -0.05) is 66.8 Å². The third-order valence-corrected chi connectivity index (χ3v) is 9.62. The maximum atomic E-state index is 13.0. The molecule has 1 unspecified atom stereocenters. The maximum Gasteiger partial charge on any atom is 0.415 e. The van der Waals surface area contributed by atoms with Crippen molar-refractivity contribution in [2.24, 2.45) is 0 Å². The smallest absolute Gasteiger partial charge is 0.415 e. The zero-order chi connectivity index (χ0) is 41.5. The summed E-state index contributed by atoms with van der Waals surface area (Å²) >= 11 is 0. The van der Waals surface area contributed by atoms with Gasteiger partial charge in [-0.2, -0.15) is 0 Å². The molecule has 57 heavy (non-hydrogen) atoms. The molecular formula is C49H56N2O6. The summed E-state index contributed by atoms with van der Waals surface area (Å²) < 4.78 is 22.8. The Balaban J connectivity index is 0.000000218. The Morgan fingerprint density at radius 2 is 1.37 bits per heavy atom. The van der Waals surface area contributed by atoms with Crippen molar-refractivity contribution in [2.45, 2.75) is 77.7 Å². The molecule has 2 heterocycles. The summed E-state index contributed by atoms with van der Waals surface area (Å²) in [6.45, 7) is 21.8. The number of rotatable bonds is 11. The quantitative estimate of drug-likeness (QED) is 0.120. The van der Waals surface area contributed by atoms with Gasteiger partial charge in [-0.25, -0.2) is 4.79 Å². The van der Waals surface area contributed by atoms with Gasteiger partial charge in [0.2, 0.25) is 0 Å². The molecular weight excluding hydrogens is 713 g/mol. The predicted octanol–water partition coefficient (Wildman–Crippen LogP) is 11.6. The number of nitrogens with zero attached hydrogens (tertiary/aromatic N) is 1. The Morgan fingerprint density at radius 1 is 0.789 bits per heavy atom. The second-order valence-electron chi connectivity index (χ2n) is 16.2. The fourth-order valence-electron chi connectivity index (χ4n) is 7.26. The molecule has 6 rings (SSSR count). The van der Waals surface area contributed by atoms with Crippen molar-refractivity contribution in [1.82, 2.24) is 0 Å². The topological polar surface area (TPSA) is 86.3 Å². The number of carbonyl (C=O) groups excluding carboxylic acids is 2. The molecule has 0 aromatic heterocycles. The molecule has 1 atom stereocenters. The number of nitrogens with one attached hydrogen (secondary N) is 1. The van der Waals surface area contributed by atoms with Gasteiger partial charge in [0.25, 0.3) is 0 Å². The van der Waals surface area contributed by atoms with Crippen LogP contribution in [0.2, 0.25) is 0 Å². The number of anilines is 2. The maximum absolute atomic E-state index is 13.0. The van der Waals surface area contributed by atoms with E-state index in [4.69, 9.17) is 18.9 Å². The van der Waals surface area contributed by atoms with Crippen molar-refractivity contribution in [1.29, 1.82) is 0 Å². The normalized spacial score (nSPS) is 15.4. The van der Waals surface area contributed by atoms with Gasteiger partial charge in [0.05, 0.1) is 43.7 Å². The fraction of sp³-hybridized carbons (Fsp3) is 0.306. The van der Waals surface area contributed by atoms with Gasteiger partial charge in [-0.15, -0.1) is 13.2 Å². The van der Waals surface area contributed by atoms with Crippen LogP contribution in [0.3, 0.4) is 0 Å². The van der Waals surface area contributed by atoms with Crippen LogP contribution in [0.15, 0.2) is 122 Å². The second kappa shape index (κ2) is 17.5. The van der Waals surface area contributed by atoms with Gasteiger partial charge in [0.1, 0.15) is 23.4 Å². The van der Waals surface area contributed by atoms with E-state index < -0.39 is 17.2 Å². The molecule has 4 aromatic rings. The van der Waals surface area contributed by atoms with Gasteiger partial charge in [0.15, 0.2) is 0 Å². The van der Waals surface area contributed by atoms with Crippen molar-refractivity contribution < 1.29 is 28.5 Å². The average molecular weight is 769 g/mol. The number of allylic oxidation sites excluding steroid dienone is 1. The number of aldehydes is 1. The summed E-state index contributed by atoms with van der Waals surface area (Å²) in [5, 5.41) is 3.62. The summed E-state index contributed by atoms with van der Waals surface area (Å²) in [5.74, 6) is 1.60. The monoisotopic (exact) mass is 768 g/mol. The largest absolute Gasteiger partial charge is 0.496 e. The average Bonchev–Trinajstić information content (AvgIpc) is 3.17. The number of methoxy groups -OCH3 is 2. The van der Waals surface area contributed by atoms with Gasteiger partial charge >= 0.3 is 6.09 Å². The van der Waals surface area contributed by atoms with Crippen LogP contribution in [0.25, 0.3) is 33.4 Å². The molecule has 4 aromatic carbocycles. The zero-order valence-electron chi connectivity index (χ0n) is 34.8. The summed E-state index contributed by atoms with van der Waals surface area (Å²) in [6.07, 6.45) is 8.82. The second-order valence-corrected chi connectivity index (χ2v) is 16.2. The molecule has 8 nitrogen and oxygen atoms in total. The van der Waals surface area contributed by atoms with E-state index in [1.54, 1.807) is 31.3 Å². The van der Waals surface area contributed by atoms with Crippen LogP contribution in [0.5, 0.6) is 11.5 Å². The van der Waals surface area contributed by atoms with E-state index in [0.29, 0.717) is 23.4 Å². The van der Waals surface area contributed by atoms with E-state index in [2.05, 4.69) is 62.7 Å². The number of para-hydroxylation sites is 2. The number of hydrogen-bond donors (Lipinski definition) is 1. The van der Waals surface area contributed by atoms with E-state index in [1.807, 2.05) is 101 Å². The highest BCUT2D eigenvalue weighted by atomic mass is 16.6. The van der Waals surface area contributed by atoms with E-state index in [1.165, 1.54) is 5.57 Å². The van der Waals surface area contributed by atoms with Crippen molar-refractivity contribution >= 4 is 34.9 Å². The van der Waals surface area contributed by atoms with Gasteiger partial charge < -0.3 is 24.3 Å². The SMILES string of the molecule is C=CCOC(CC=C)C1=CC(C)(C)Nc2ccc(-c3ccccc3OC)cc21.COc1ccccc1-c1ccc2c(c1)C(C=O)=CC(C)(C)N2C(=O)OC(C)(C)C. The van der Waals surface area contributed by atoms with Crippen LogP contribution >= 0.6 is 0 Å². The molecule has 0 saturated heterocycles. The highest BCUT2D eigenvalue weighted by molar-refractivity contribution is 6.14. The molecule has 0 saturated carbocycles. The first-order valence-electron chi connectivity index (χ1n) is 19.2. The van der Waals surface area contributed by atoms with E-state index in [-0.39, 0.29) is 11.6 Å². The third kappa shape index (κ3) is 9.76. The lowest BCUT2D eigenvalue weighted by molar-refractivity contribution is -0.103. The molecule has 0 fully saturated rings. The highest BCUT2D eigenvalue weighted by Crippen LogP contribution is 2.43. The Hall–Kier alpha value is -5.86. The zero-order valence-corrected chi connectivity index (χ0v) is 34.8. The summed E-state index contributed by atoms with van der Waals surface area (Å²) in [6, 6.07) is 28.0. The van der Waals surface area contributed by atoms with Crippen LogP contribution in [-0.2, 0) is 14.3 Å². The first-order valence-corrected chi connectivity index (χ1v) is 19.2. The van der Waals surface area contributed by atoms with E-state index in [0.717, 1.165) is 57.7 Å². The van der Waals surface area contributed by atoms with Crippen molar-refractivity contribution in [3.8, 4) is 33.8 Å². The Morgan fingerprint density at radius 3 is 1.91 bits per heavy atom. The van der Waals surface area contributed by atoms with E-state index >= 15 is 0 Å². The van der Waals surface area contributed by atoms with Crippen molar-refractivity contribution in [2.75, 3.05) is 31.0 Å². The van der Waals surface area contributed by atoms with Crippen LogP contribution in [0, 0.1) is 0 Å². The molecule has 0 spiro atoms. The standard InChI is InChI=1S/C25H29NO2.C24H27NO4/c1-6-10-24(28-15-7-2)21-17-25(3,4)26-22-14-13-18(16-20(21)22)19-11-8-9-12-23(19)27-5;1-23(2,3)29-22(27)25-20-12-11-16(18-9-7-8-10-21(18)28-6)13-19(20)17(15-26)14-24(25,4)5/h6-9,11-14,16-17,24,26H,1-2,10,15H2,3-5H3;7-15H,1-6H3. The molecule has 298 valence electrons. The minimum absolute atomic E-state index is 0.0662. The molecule has 0 radical (unpaired) electrons. The highest BCUT2D eigenvalue weighted by Gasteiger charge is 2.39. The Kier molecular flexibility index (Phi) is 13.0. The molecule has 0 bridgehead atoms. The lowest BCUT2D eigenvalue weighted by Gasteiger charge is -2.41. The van der Waals surface area contributed by atoms with Gasteiger partial charge in [-0.3, -0.25) is 9.69 Å². The number of carbonyl (C=O) groups is 2. The molecule has 1 N–H and O–H groups in total. The summed E-state index contributed by atoms with van der Waals surface area (Å²) in [4.78, 5) is 26.5. The summed E-state index contributed by atoms with van der Waals surface area (Å²) in [5.41, 5.74) is 7.82. The predicted molar refractivity (Wildman–Crippen MR) is 234 cm³/mol. The third-order valence-electron chi connectivity index (χ3n) is 9.62. The van der Waals surface area contributed by atoms with Crippen LogP contribution in [-0.4, -0.2) is 56.0 Å². The lowest BCUT2D eigenvalue weighted by Crippen LogP contribution is -2.50. The van der Waals surface area contributed by atoms with E-state index in [9.17, 15) is 9.59 Å². The molecule has 2 aliphatic rings.